The molecule has 2 N–H and O–H groups in total. The SMILES string of the molecule is CN(C)CC=C(c1cccnc1)c1cccc(Cl)c1.O=C(O)C(=O)O. The van der Waals surface area contributed by atoms with Crippen molar-refractivity contribution < 1.29 is 19.8 Å². The number of hydrogen-bond donors (Lipinski definition) is 2. The first-order valence-electron chi connectivity index (χ1n) is 7.28. The highest BCUT2D eigenvalue weighted by atomic mass is 35.5. The number of likely N-dealkylation sites (N-methyl/N-ethyl adjacent to an activating group) is 1. The van der Waals surface area contributed by atoms with Crippen LogP contribution in [0.1, 0.15) is 11.1 Å². The molecule has 0 saturated heterocycles. The summed E-state index contributed by atoms with van der Waals surface area (Å²) in [6.07, 6.45) is 5.86. The van der Waals surface area contributed by atoms with Crippen LogP contribution >= 0.6 is 11.6 Å². The summed E-state index contributed by atoms with van der Waals surface area (Å²) in [6, 6.07) is 11.9. The van der Waals surface area contributed by atoms with Crippen molar-refractivity contribution in [1.29, 1.82) is 0 Å². The molecular weight excluding hydrogens is 344 g/mol. The molecule has 2 rings (SSSR count). The number of carbonyl (C=O) groups is 2. The maximum absolute atomic E-state index is 9.10. The molecule has 7 heteroatoms. The van der Waals surface area contributed by atoms with Crippen LogP contribution in [-0.2, 0) is 9.59 Å². The van der Waals surface area contributed by atoms with Gasteiger partial charge in [0.25, 0.3) is 0 Å². The summed E-state index contributed by atoms with van der Waals surface area (Å²) in [5.41, 5.74) is 3.37. The lowest BCUT2D eigenvalue weighted by Gasteiger charge is -2.11. The first-order chi connectivity index (χ1) is 11.8. The summed E-state index contributed by atoms with van der Waals surface area (Å²) in [5.74, 6) is -3.65. The Labute approximate surface area is 151 Å². The Morgan fingerprint density at radius 2 is 1.76 bits per heavy atom. The number of carboxylic acids is 2. The van der Waals surface area contributed by atoms with Crippen LogP contribution in [0.5, 0.6) is 0 Å². The van der Waals surface area contributed by atoms with Gasteiger partial charge in [0.15, 0.2) is 0 Å². The van der Waals surface area contributed by atoms with Crippen molar-refractivity contribution in [2.24, 2.45) is 0 Å². The predicted molar refractivity (Wildman–Crippen MR) is 96.6 cm³/mol. The summed E-state index contributed by atoms with van der Waals surface area (Å²) in [6.45, 7) is 0.872. The smallest absolute Gasteiger partial charge is 0.414 e. The molecular formula is C18H19ClN2O4. The Balaban J connectivity index is 0.000000450. The van der Waals surface area contributed by atoms with Gasteiger partial charge in [-0.05, 0) is 43.4 Å². The highest BCUT2D eigenvalue weighted by Gasteiger charge is 2.06. The molecule has 1 heterocycles. The van der Waals surface area contributed by atoms with Gasteiger partial charge in [-0.15, -0.1) is 0 Å². The minimum atomic E-state index is -1.82. The van der Waals surface area contributed by atoms with Crippen LogP contribution in [0.25, 0.3) is 5.57 Å². The fraction of sp³-hybridized carbons (Fsp3) is 0.167. The molecule has 0 saturated carbocycles. The quantitative estimate of drug-likeness (QED) is 0.813. The van der Waals surface area contributed by atoms with E-state index in [1.807, 2.05) is 30.5 Å². The first kappa shape index (κ1) is 20.3. The van der Waals surface area contributed by atoms with Gasteiger partial charge in [-0.1, -0.05) is 35.9 Å². The van der Waals surface area contributed by atoms with Crippen molar-refractivity contribution in [3.8, 4) is 0 Å². The van der Waals surface area contributed by atoms with Gasteiger partial charge in [-0.2, -0.15) is 0 Å². The van der Waals surface area contributed by atoms with E-state index in [9.17, 15) is 0 Å². The molecule has 0 aliphatic heterocycles. The second kappa shape index (κ2) is 10.2. The zero-order valence-corrected chi connectivity index (χ0v) is 14.6. The van der Waals surface area contributed by atoms with E-state index in [4.69, 9.17) is 31.4 Å². The van der Waals surface area contributed by atoms with Gasteiger partial charge >= 0.3 is 11.9 Å². The number of pyridine rings is 1. The van der Waals surface area contributed by atoms with E-state index in [1.165, 1.54) is 0 Å². The van der Waals surface area contributed by atoms with Crippen molar-refractivity contribution in [3.63, 3.8) is 0 Å². The van der Waals surface area contributed by atoms with Crippen LogP contribution in [0.2, 0.25) is 5.02 Å². The van der Waals surface area contributed by atoms with Crippen molar-refractivity contribution in [2.45, 2.75) is 0 Å². The number of hydrogen-bond acceptors (Lipinski definition) is 4. The number of aromatic nitrogens is 1. The second-order valence-electron chi connectivity index (χ2n) is 5.24. The van der Waals surface area contributed by atoms with Crippen LogP contribution in [0, 0.1) is 0 Å². The number of rotatable bonds is 4. The maximum atomic E-state index is 9.10. The van der Waals surface area contributed by atoms with E-state index in [2.05, 4.69) is 42.2 Å². The minimum Gasteiger partial charge on any atom is -0.473 e. The molecule has 0 fully saturated rings. The van der Waals surface area contributed by atoms with Gasteiger partial charge in [0.2, 0.25) is 0 Å². The largest absolute Gasteiger partial charge is 0.473 e. The second-order valence-corrected chi connectivity index (χ2v) is 5.68. The summed E-state index contributed by atoms with van der Waals surface area (Å²) in [7, 11) is 4.10. The van der Waals surface area contributed by atoms with Crippen molar-refractivity contribution in [1.82, 2.24) is 9.88 Å². The van der Waals surface area contributed by atoms with Crippen molar-refractivity contribution in [2.75, 3.05) is 20.6 Å². The zero-order valence-electron chi connectivity index (χ0n) is 13.9. The average molecular weight is 363 g/mol. The Bertz CT molecular complexity index is 734. The molecule has 0 aliphatic rings. The number of nitrogens with zero attached hydrogens (tertiary/aromatic N) is 2. The molecule has 6 nitrogen and oxygen atoms in total. The third kappa shape index (κ3) is 7.60. The molecule has 132 valence electrons. The summed E-state index contributed by atoms with van der Waals surface area (Å²) < 4.78 is 0. The van der Waals surface area contributed by atoms with Gasteiger partial charge in [0.05, 0.1) is 0 Å². The van der Waals surface area contributed by atoms with Gasteiger partial charge in [-0.3, -0.25) is 4.98 Å². The topological polar surface area (TPSA) is 90.7 Å². The molecule has 0 aliphatic carbocycles. The number of carboxylic acid groups (broad SMARTS) is 2. The van der Waals surface area contributed by atoms with Crippen LogP contribution in [0.3, 0.4) is 0 Å². The fourth-order valence-corrected chi connectivity index (χ4v) is 2.04. The van der Waals surface area contributed by atoms with Crippen LogP contribution in [0.15, 0.2) is 54.9 Å². The van der Waals surface area contributed by atoms with Crippen LogP contribution in [-0.4, -0.2) is 52.7 Å². The van der Waals surface area contributed by atoms with Crippen molar-refractivity contribution >= 4 is 29.1 Å². The number of benzene rings is 1. The monoisotopic (exact) mass is 362 g/mol. The fourth-order valence-electron chi connectivity index (χ4n) is 1.85. The summed E-state index contributed by atoms with van der Waals surface area (Å²) in [5, 5.41) is 15.5. The third-order valence-electron chi connectivity index (χ3n) is 2.95. The van der Waals surface area contributed by atoms with Crippen LogP contribution in [0.4, 0.5) is 0 Å². The highest BCUT2D eigenvalue weighted by Crippen LogP contribution is 2.24. The first-order valence-corrected chi connectivity index (χ1v) is 7.66. The predicted octanol–water partition coefficient (Wildman–Crippen LogP) is 2.88. The van der Waals surface area contributed by atoms with Gasteiger partial charge in [-0.25, -0.2) is 9.59 Å². The molecule has 1 aromatic heterocycles. The molecule has 2 aromatic rings. The van der Waals surface area contributed by atoms with Gasteiger partial charge in [0, 0.05) is 29.5 Å². The molecule has 0 bridgehead atoms. The molecule has 0 spiro atoms. The highest BCUT2D eigenvalue weighted by molar-refractivity contribution is 6.30. The van der Waals surface area contributed by atoms with E-state index in [0.717, 1.165) is 28.3 Å². The lowest BCUT2D eigenvalue weighted by atomic mass is 9.99. The summed E-state index contributed by atoms with van der Waals surface area (Å²) in [4.78, 5) is 24.5. The maximum Gasteiger partial charge on any atom is 0.414 e. The number of halogens is 1. The number of aliphatic carboxylic acids is 2. The minimum absolute atomic E-state index is 0.747. The van der Waals surface area contributed by atoms with Gasteiger partial charge < -0.3 is 15.1 Å². The standard InChI is InChI=1S/C16H17ClN2.C2H2O4/c1-19(2)10-8-16(14-6-4-9-18-12-14)13-5-3-7-15(17)11-13;3-1(4)2(5)6/h3-9,11-12H,10H2,1-2H3;(H,3,4)(H,5,6). The normalized spacial score (nSPS) is 10.8. The third-order valence-corrected chi connectivity index (χ3v) is 3.19. The lowest BCUT2D eigenvalue weighted by molar-refractivity contribution is -0.159. The molecule has 0 unspecified atom stereocenters. The zero-order chi connectivity index (χ0) is 18.8. The molecule has 0 amide bonds. The van der Waals surface area contributed by atoms with E-state index in [-0.39, 0.29) is 0 Å². The van der Waals surface area contributed by atoms with E-state index in [0.29, 0.717) is 0 Å². The van der Waals surface area contributed by atoms with Gasteiger partial charge in [0.1, 0.15) is 0 Å². The Hall–Kier alpha value is -2.70. The van der Waals surface area contributed by atoms with Crippen molar-refractivity contribution in [3.05, 3.63) is 71.0 Å². The molecule has 1 aromatic carbocycles. The van der Waals surface area contributed by atoms with E-state index in [1.54, 1.807) is 6.20 Å². The average Bonchev–Trinajstić information content (AvgIpc) is 2.56. The van der Waals surface area contributed by atoms with E-state index < -0.39 is 11.9 Å². The molecule has 0 atom stereocenters. The molecule has 25 heavy (non-hydrogen) atoms. The summed E-state index contributed by atoms with van der Waals surface area (Å²) >= 11 is 6.09. The Morgan fingerprint density at radius 1 is 1.12 bits per heavy atom. The molecule has 0 radical (unpaired) electrons. The Kier molecular flexibility index (Phi) is 8.32. The lowest BCUT2D eigenvalue weighted by Crippen LogP contribution is -2.11. The van der Waals surface area contributed by atoms with Crippen LogP contribution < -0.4 is 0 Å². The Morgan fingerprint density at radius 3 is 2.24 bits per heavy atom. The van der Waals surface area contributed by atoms with E-state index >= 15 is 0 Å².